The Labute approximate surface area is 170 Å². The second-order valence-electron chi connectivity index (χ2n) is 7.37. The Morgan fingerprint density at radius 2 is 1.72 bits per heavy atom. The molecule has 0 aliphatic rings. The molecule has 2 rings (SSSR count). The lowest BCUT2D eigenvalue weighted by atomic mass is 9.75. The van der Waals surface area contributed by atoms with Crippen molar-refractivity contribution in [3.05, 3.63) is 71.5 Å². The number of nitrogens with one attached hydrogen (secondary N) is 2. The van der Waals surface area contributed by atoms with Crippen LogP contribution in [0.1, 0.15) is 48.7 Å². The summed E-state index contributed by atoms with van der Waals surface area (Å²) in [7, 11) is -1.70. The van der Waals surface area contributed by atoms with E-state index in [1.165, 1.54) is 18.2 Å². The summed E-state index contributed by atoms with van der Waals surface area (Å²) in [5.41, 5.74) is 0.854. The number of benzene rings is 2. The Bertz CT molecular complexity index is 817. The molecule has 29 heavy (non-hydrogen) atoms. The van der Waals surface area contributed by atoms with Gasteiger partial charge in [0.15, 0.2) is 0 Å². The smallest absolute Gasteiger partial charge is 0.426 e. The Morgan fingerprint density at radius 3 is 2.31 bits per heavy atom. The molecule has 154 valence electrons. The molecule has 0 spiro atoms. The second-order valence-corrected chi connectivity index (χ2v) is 7.37. The maximum Gasteiger partial charge on any atom is 0.475 e. The van der Waals surface area contributed by atoms with E-state index in [0.29, 0.717) is 17.5 Å². The Balaban J connectivity index is 2.16. The number of carbonyl (C=O) groups excluding carboxylic acids is 2. The minimum atomic E-state index is -1.70. The molecule has 2 amide bonds. The molecule has 0 aliphatic carbocycles. The normalized spacial score (nSPS) is 12.9. The van der Waals surface area contributed by atoms with Crippen molar-refractivity contribution in [3.8, 4) is 0 Å². The molecular weight excluding hydrogens is 374 g/mol. The van der Waals surface area contributed by atoms with Gasteiger partial charge in [0.05, 0.1) is 18.4 Å². The number of hydrogen-bond acceptors (Lipinski definition) is 4. The van der Waals surface area contributed by atoms with Crippen molar-refractivity contribution in [2.24, 2.45) is 5.92 Å². The van der Waals surface area contributed by atoms with Gasteiger partial charge in [0.1, 0.15) is 5.82 Å². The highest BCUT2D eigenvalue weighted by molar-refractivity contribution is 6.43. The van der Waals surface area contributed by atoms with Gasteiger partial charge >= 0.3 is 7.12 Å². The summed E-state index contributed by atoms with van der Waals surface area (Å²) in [6.45, 7) is 3.80. The molecule has 0 aliphatic heterocycles. The van der Waals surface area contributed by atoms with Gasteiger partial charge in [0.25, 0.3) is 5.91 Å². The van der Waals surface area contributed by atoms with Gasteiger partial charge in [-0.1, -0.05) is 44.2 Å². The van der Waals surface area contributed by atoms with Crippen molar-refractivity contribution in [2.45, 2.75) is 38.7 Å². The summed E-state index contributed by atoms with van der Waals surface area (Å²) in [5.74, 6) is -2.05. The first-order chi connectivity index (χ1) is 13.8. The quantitative estimate of drug-likeness (QED) is 0.485. The van der Waals surface area contributed by atoms with E-state index < -0.39 is 36.7 Å². The van der Waals surface area contributed by atoms with Crippen LogP contribution in [0.2, 0.25) is 0 Å². The zero-order chi connectivity index (χ0) is 21.4. The van der Waals surface area contributed by atoms with E-state index in [2.05, 4.69) is 10.6 Å². The summed E-state index contributed by atoms with van der Waals surface area (Å²) in [5, 5.41) is 24.4. The molecule has 8 heteroatoms. The standard InChI is InChI=1S/C21H26BFN2O4/c1-14(2)11-19(22(28)29)25-20(26)13-18(16-9-6-10-17(23)12-16)24-21(27)15-7-4-3-5-8-15/h3-10,12,14,18-19,28-29H,11,13H2,1-2H3,(H,24,27)(H,25,26). The summed E-state index contributed by atoms with van der Waals surface area (Å²) >= 11 is 0. The monoisotopic (exact) mass is 400 g/mol. The highest BCUT2D eigenvalue weighted by Gasteiger charge is 2.28. The van der Waals surface area contributed by atoms with Crippen LogP contribution in [0, 0.1) is 11.7 Å². The van der Waals surface area contributed by atoms with Crippen molar-refractivity contribution < 1.29 is 24.0 Å². The zero-order valence-electron chi connectivity index (χ0n) is 16.5. The van der Waals surface area contributed by atoms with Crippen molar-refractivity contribution >= 4 is 18.9 Å². The fourth-order valence-electron chi connectivity index (χ4n) is 3.02. The van der Waals surface area contributed by atoms with E-state index >= 15 is 0 Å². The number of carbonyl (C=O) groups is 2. The third kappa shape index (κ3) is 7.32. The third-order valence-electron chi connectivity index (χ3n) is 4.41. The summed E-state index contributed by atoms with van der Waals surface area (Å²) in [6.07, 6.45) is 0.202. The highest BCUT2D eigenvalue weighted by atomic mass is 19.1. The minimum Gasteiger partial charge on any atom is -0.426 e. The van der Waals surface area contributed by atoms with Gasteiger partial charge in [-0.2, -0.15) is 0 Å². The van der Waals surface area contributed by atoms with Gasteiger partial charge in [-0.3, -0.25) is 9.59 Å². The van der Waals surface area contributed by atoms with Crippen molar-refractivity contribution in [3.63, 3.8) is 0 Å². The second kappa shape index (κ2) is 10.7. The lowest BCUT2D eigenvalue weighted by molar-refractivity contribution is -0.122. The number of rotatable bonds is 9. The van der Waals surface area contributed by atoms with Crippen LogP contribution >= 0.6 is 0 Å². The minimum absolute atomic E-state index is 0.138. The SMILES string of the molecule is CC(C)CC(NC(=O)CC(NC(=O)c1ccccc1)c1cccc(F)c1)B(O)O. The molecule has 0 saturated carbocycles. The van der Waals surface area contributed by atoms with Crippen LogP contribution in [-0.4, -0.2) is 34.9 Å². The van der Waals surface area contributed by atoms with E-state index in [-0.39, 0.29) is 12.3 Å². The maximum atomic E-state index is 13.7. The molecule has 0 fully saturated rings. The first kappa shape index (κ1) is 22.6. The van der Waals surface area contributed by atoms with E-state index in [1.54, 1.807) is 36.4 Å². The summed E-state index contributed by atoms with van der Waals surface area (Å²) in [6, 6.07) is 13.4. The summed E-state index contributed by atoms with van der Waals surface area (Å²) < 4.78 is 13.7. The zero-order valence-corrected chi connectivity index (χ0v) is 16.5. The number of hydrogen-bond donors (Lipinski definition) is 4. The van der Waals surface area contributed by atoms with Crippen molar-refractivity contribution in [1.82, 2.24) is 10.6 Å². The Hall–Kier alpha value is -2.71. The molecule has 4 N–H and O–H groups in total. The third-order valence-corrected chi connectivity index (χ3v) is 4.41. The molecule has 2 atom stereocenters. The average Bonchev–Trinajstić information content (AvgIpc) is 2.67. The fraction of sp³-hybridized carbons (Fsp3) is 0.333. The van der Waals surface area contributed by atoms with Gasteiger partial charge in [-0.15, -0.1) is 0 Å². The molecule has 2 unspecified atom stereocenters. The molecule has 2 aromatic rings. The van der Waals surface area contributed by atoms with Gasteiger partial charge in [-0.05, 0) is 42.2 Å². The van der Waals surface area contributed by atoms with E-state index in [0.717, 1.165) is 0 Å². The van der Waals surface area contributed by atoms with Crippen LogP contribution < -0.4 is 10.6 Å². The maximum absolute atomic E-state index is 13.7. The first-order valence-corrected chi connectivity index (χ1v) is 9.53. The first-order valence-electron chi connectivity index (χ1n) is 9.53. The van der Waals surface area contributed by atoms with Gasteiger partial charge < -0.3 is 20.7 Å². The average molecular weight is 400 g/mol. The van der Waals surface area contributed by atoms with E-state index in [1.807, 2.05) is 13.8 Å². The topological polar surface area (TPSA) is 98.7 Å². The van der Waals surface area contributed by atoms with E-state index in [9.17, 15) is 24.0 Å². The predicted octanol–water partition coefficient (Wildman–Crippen LogP) is 2.23. The van der Waals surface area contributed by atoms with Crippen molar-refractivity contribution in [2.75, 3.05) is 0 Å². The van der Waals surface area contributed by atoms with Crippen LogP contribution in [0.3, 0.4) is 0 Å². The highest BCUT2D eigenvalue weighted by Crippen LogP contribution is 2.19. The molecule has 0 radical (unpaired) electrons. The molecule has 0 aromatic heterocycles. The van der Waals surface area contributed by atoms with Crippen LogP contribution in [0.5, 0.6) is 0 Å². The lowest BCUT2D eigenvalue weighted by Gasteiger charge is -2.23. The van der Waals surface area contributed by atoms with Crippen LogP contribution in [-0.2, 0) is 4.79 Å². The molecule has 0 bridgehead atoms. The Kier molecular flexibility index (Phi) is 8.36. The number of halogens is 1. The molecule has 0 heterocycles. The Morgan fingerprint density at radius 1 is 1.03 bits per heavy atom. The van der Waals surface area contributed by atoms with Gasteiger partial charge in [0, 0.05) is 5.56 Å². The molecular formula is C21H26BFN2O4. The predicted molar refractivity (Wildman–Crippen MR) is 109 cm³/mol. The van der Waals surface area contributed by atoms with Crippen molar-refractivity contribution in [1.29, 1.82) is 0 Å². The summed E-state index contributed by atoms with van der Waals surface area (Å²) in [4.78, 5) is 25.1. The molecule has 0 saturated heterocycles. The molecule has 2 aromatic carbocycles. The van der Waals surface area contributed by atoms with Crippen LogP contribution in [0.15, 0.2) is 54.6 Å². The van der Waals surface area contributed by atoms with Crippen LogP contribution in [0.25, 0.3) is 0 Å². The fourth-order valence-corrected chi connectivity index (χ4v) is 3.02. The van der Waals surface area contributed by atoms with Gasteiger partial charge in [0.2, 0.25) is 5.91 Å². The van der Waals surface area contributed by atoms with E-state index in [4.69, 9.17) is 0 Å². The molecule has 6 nitrogen and oxygen atoms in total. The van der Waals surface area contributed by atoms with Gasteiger partial charge in [-0.25, -0.2) is 4.39 Å². The van der Waals surface area contributed by atoms with Crippen LogP contribution in [0.4, 0.5) is 4.39 Å². The lowest BCUT2D eigenvalue weighted by Crippen LogP contribution is -2.48. The number of amides is 2. The largest absolute Gasteiger partial charge is 0.475 e.